The van der Waals surface area contributed by atoms with E-state index in [0.717, 1.165) is 27.9 Å². The molecule has 1 heterocycles. The summed E-state index contributed by atoms with van der Waals surface area (Å²) >= 11 is 12.2. The molecule has 3 aromatic rings. The molecule has 0 atom stereocenters. The molecule has 1 aliphatic rings. The van der Waals surface area contributed by atoms with Gasteiger partial charge in [0.05, 0.1) is 0 Å². The Kier molecular flexibility index (Phi) is 5.88. The zero-order valence-electron chi connectivity index (χ0n) is 16.2. The number of aryl methyl sites for hydroxylation is 1. The number of thiocarbonyl (C=S) groups is 1. The van der Waals surface area contributed by atoms with Crippen LogP contribution in [-0.4, -0.2) is 21.0 Å². The molecule has 1 aliphatic carbocycles. The maximum absolute atomic E-state index is 6.30. The quantitative estimate of drug-likeness (QED) is 0.470. The average Bonchev–Trinajstić information content (AvgIpc) is 3.12. The van der Waals surface area contributed by atoms with Crippen LogP contribution in [0.25, 0.3) is 10.9 Å². The van der Waals surface area contributed by atoms with Crippen molar-refractivity contribution in [3.8, 4) is 0 Å². The van der Waals surface area contributed by atoms with E-state index in [1.807, 2.05) is 25.1 Å². The number of halogens is 1. The number of aromatic nitrogens is 1. The van der Waals surface area contributed by atoms with Crippen LogP contribution in [0.3, 0.4) is 0 Å². The van der Waals surface area contributed by atoms with E-state index >= 15 is 0 Å². The van der Waals surface area contributed by atoms with Crippen LogP contribution in [0.1, 0.15) is 43.2 Å². The highest BCUT2D eigenvalue weighted by Gasteiger charge is 2.24. The number of aromatic amines is 1. The van der Waals surface area contributed by atoms with E-state index in [1.165, 1.54) is 48.6 Å². The average molecular weight is 412 g/mol. The first-order valence-corrected chi connectivity index (χ1v) is 10.8. The number of H-pyrrole nitrogens is 1. The number of fused-ring (bicyclic) bond motifs is 1. The predicted molar refractivity (Wildman–Crippen MR) is 123 cm³/mol. The summed E-state index contributed by atoms with van der Waals surface area (Å²) in [6.07, 6.45) is 8.37. The lowest BCUT2D eigenvalue weighted by molar-refractivity contribution is 0.241. The molecular weight excluding hydrogens is 386 g/mol. The van der Waals surface area contributed by atoms with Crippen LogP contribution < -0.4 is 5.32 Å². The van der Waals surface area contributed by atoms with Gasteiger partial charge in [-0.3, -0.25) is 0 Å². The molecule has 0 bridgehead atoms. The van der Waals surface area contributed by atoms with E-state index in [4.69, 9.17) is 23.8 Å². The van der Waals surface area contributed by atoms with Crippen molar-refractivity contribution >= 4 is 45.5 Å². The summed E-state index contributed by atoms with van der Waals surface area (Å²) in [4.78, 5) is 5.76. The largest absolute Gasteiger partial charge is 0.361 e. The summed E-state index contributed by atoms with van der Waals surface area (Å²) in [5.74, 6) is 0. The molecule has 4 rings (SSSR count). The molecule has 0 saturated heterocycles. The number of para-hydroxylation sites is 1. The molecule has 3 nitrogen and oxygen atoms in total. The van der Waals surface area contributed by atoms with Crippen LogP contribution >= 0.6 is 23.8 Å². The maximum atomic E-state index is 6.30. The summed E-state index contributed by atoms with van der Waals surface area (Å²) in [5.41, 5.74) is 4.47. The highest BCUT2D eigenvalue weighted by molar-refractivity contribution is 7.80. The number of hydrogen-bond acceptors (Lipinski definition) is 1. The van der Waals surface area contributed by atoms with E-state index in [0.29, 0.717) is 6.04 Å². The lowest BCUT2D eigenvalue weighted by Gasteiger charge is -2.36. The second-order valence-electron chi connectivity index (χ2n) is 7.67. The number of anilines is 1. The van der Waals surface area contributed by atoms with Gasteiger partial charge in [-0.2, -0.15) is 0 Å². The van der Waals surface area contributed by atoms with E-state index in [9.17, 15) is 0 Å². The van der Waals surface area contributed by atoms with Gasteiger partial charge in [0.2, 0.25) is 0 Å². The van der Waals surface area contributed by atoms with Gasteiger partial charge in [0.15, 0.2) is 5.11 Å². The topological polar surface area (TPSA) is 31.1 Å². The Labute approximate surface area is 177 Å². The SMILES string of the molecule is Cc1ccc(NC(=S)N(Cc2c[nH]c3ccccc23)C2CCCCC2)cc1Cl. The molecule has 0 unspecified atom stereocenters. The minimum atomic E-state index is 0.475. The van der Waals surface area contributed by atoms with Gasteiger partial charge in [-0.1, -0.05) is 55.1 Å². The van der Waals surface area contributed by atoms with Gasteiger partial charge in [-0.15, -0.1) is 0 Å². The molecular formula is C23H26ClN3S. The minimum Gasteiger partial charge on any atom is -0.361 e. The molecule has 146 valence electrons. The van der Waals surface area contributed by atoms with Crippen LogP contribution in [-0.2, 0) is 6.54 Å². The monoisotopic (exact) mass is 411 g/mol. The molecule has 0 spiro atoms. The summed E-state index contributed by atoms with van der Waals surface area (Å²) in [7, 11) is 0. The fraction of sp³-hybridized carbons (Fsp3) is 0.348. The second-order valence-corrected chi connectivity index (χ2v) is 8.47. The number of benzene rings is 2. The molecule has 1 aromatic heterocycles. The molecule has 2 aromatic carbocycles. The number of rotatable bonds is 4. The van der Waals surface area contributed by atoms with Crippen molar-refractivity contribution in [1.29, 1.82) is 0 Å². The molecule has 0 aliphatic heterocycles. The number of nitrogens with one attached hydrogen (secondary N) is 2. The van der Waals surface area contributed by atoms with Crippen molar-refractivity contribution in [2.75, 3.05) is 5.32 Å². The summed E-state index contributed by atoms with van der Waals surface area (Å²) in [6.45, 7) is 2.82. The Morgan fingerprint density at radius 2 is 1.96 bits per heavy atom. The first-order chi connectivity index (χ1) is 13.6. The highest BCUT2D eigenvalue weighted by Crippen LogP contribution is 2.28. The predicted octanol–water partition coefficient (Wildman–Crippen LogP) is 6.66. The van der Waals surface area contributed by atoms with Gasteiger partial charge in [0.1, 0.15) is 0 Å². The summed E-state index contributed by atoms with van der Waals surface area (Å²) in [5, 5.41) is 6.23. The Bertz CT molecular complexity index is 975. The van der Waals surface area contributed by atoms with Gasteiger partial charge in [0.25, 0.3) is 0 Å². The first-order valence-electron chi connectivity index (χ1n) is 10.0. The van der Waals surface area contributed by atoms with Gasteiger partial charge in [-0.05, 0) is 61.3 Å². The normalized spacial score (nSPS) is 14.9. The smallest absolute Gasteiger partial charge is 0.173 e. The molecule has 28 heavy (non-hydrogen) atoms. The van der Waals surface area contributed by atoms with Gasteiger partial charge in [0, 0.05) is 40.4 Å². The van der Waals surface area contributed by atoms with Crippen LogP contribution in [0.2, 0.25) is 5.02 Å². The first kappa shape index (κ1) is 19.3. The van der Waals surface area contributed by atoms with Crippen molar-refractivity contribution in [2.45, 2.75) is 51.6 Å². The summed E-state index contributed by atoms with van der Waals surface area (Å²) in [6, 6.07) is 14.9. The van der Waals surface area contributed by atoms with E-state index in [-0.39, 0.29) is 0 Å². The number of hydrogen-bond donors (Lipinski definition) is 2. The third-order valence-electron chi connectivity index (χ3n) is 5.72. The van der Waals surface area contributed by atoms with Crippen LogP contribution in [0.4, 0.5) is 5.69 Å². The van der Waals surface area contributed by atoms with Crippen molar-refractivity contribution < 1.29 is 0 Å². The Balaban J connectivity index is 1.59. The minimum absolute atomic E-state index is 0.475. The zero-order chi connectivity index (χ0) is 19.5. The Morgan fingerprint density at radius 1 is 1.18 bits per heavy atom. The van der Waals surface area contributed by atoms with Gasteiger partial charge < -0.3 is 15.2 Å². The molecule has 0 radical (unpaired) electrons. The maximum Gasteiger partial charge on any atom is 0.173 e. The number of nitrogens with zero attached hydrogens (tertiary/aromatic N) is 1. The van der Waals surface area contributed by atoms with Crippen molar-refractivity contribution in [1.82, 2.24) is 9.88 Å². The molecule has 5 heteroatoms. The molecule has 0 amide bonds. The fourth-order valence-corrected chi connectivity index (χ4v) is 4.58. The standard InChI is InChI=1S/C23H26ClN3S/c1-16-11-12-18(13-21(16)24)26-23(28)27(19-7-3-2-4-8-19)15-17-14-25-22-10-6-5-9-20(17)22/h5-6,9-14,19,25H,2-4,7-8,15H2,1H3,(H,26,28). The van der Waals surface area contributed by atoms with Gasteiger partial charge >= 0.3 is 0 Å². The second kappa shape index (κ2) is 8.54. The Hall–Kier alpha value is -2.04. The lowest BCUT2D eigenvalue weighted by atomic mass is 9.94. The van der Waals surface area contributed by atoms with E-state index in [2.05, 4.69) is 45.7 Å². The van der Waals surface area contributed by atoms with Crippen LogP contribution in [0.5, 0.6) is 0 Å². The van der Waals surface area contributed by atoms with Crippen LogP contribution in [0.15, 0.2) is 48.7 Å². The van der Waals surface area contributed by atoms with Crippen molar-refractivity contribution in [2.24, 2.45) is 0 Å². The third-order valence-corrected chi connectivity index (χ3v) is 6.46. The van der Waals surface area contributed by atoms with Crippen LogP contribution in [0, 0.1) is 6.92 Å². The summed E-state index contributed by atoms with van der Waals surface area (Å²) < 4.78 is 0. The Morgan fingerprint density at radius 3 is 2.75 bits per heavy atom. The van der Waals surface area contributed by atoms with E-state index in [1.54, 1.807) is 0 Å². The molecule has 1 fully saturated rings. The van der Waals surface area contributed by atoms with Crippen molar-refractivity contribution in [3.05, 3.63) is 64.8 Å². The van der Waals surface area contributed by atoms with E-state index < -0.39 is 0 Å². The lowest BCUT2D eigenvalue weighted by Crippen LogP contribution is -2.43. The molecule has 2 N–H and O–H groups in total. The highest BCUT2D eigenvalue weighted by atomic mass is 35.5. The molecule has 1 saturated carbocycles. The van der Waals surface area contributed by atoms with Crippen molar-refractivity contribution in [3.63, 3.8) is 0 Å². The van der Waals surface area contributed by atoms with Gasteiger partial charge in [-0.25, -0.2) is 0 Å². The fourth-order valence-electron chi connectivity index (χ4n) is 4.07. The third kappa shape index (κ3) is 4.18. The zero-order valence-corrected chi connectivity index (χ0v) is 17.7.